The molecule has 0 amide bonds. The Morgan fingerprint density at radius 3 is 2.89 bits per heavy atom. The van der Waals surface area contributed by atoms with E-state index in [0.717, 1.165) is 0 Å². The molecule has 27 heavy (non-hydrogen) atoms. The highest BCUT2D eigenvalue weighted by atomic mass is 35.5. The molecule has 0 spiro atoms. The average Bonchev–Trinajstić information content (AvgIpc) is 3.01. The fourth-order valence-electron chi connectivity index (χ4n) is 3.16. The van der Waals surface area contributed by atoms with Gasteiger partial charge in [0.2, 0.25) is 5.95 Å². The van der Waals surface area contributed by atoms with Crippen molar-refractivity contribution in [3.8, 4) is 6.07 Å². The minimum absolute atomic E-state index is 0.0224. The maximum absolute atomic E-state index is 12.5. The number of ether oxygens (including phenoxy) is 1. The van der Waals surface area contributed by atoms with E-state index in [-0.39, 0.29) is 22.8 Å². The zero-order valence-corrected chi connectivity index (χ0v) is 15.0. The molecule has 0 aliphatic carbocycles. The van der Waals surface area contributed by atoms with Crippen LogP contribution in [0.2, 0.25) is 5.15 Å². The number of rotatable bonds is 3. The van der Waals surface area contributed by atoms with Gasteiger partial charge >= 0.3 is 5.69 Å². The maximum Gasteiger partial charge on any atom is 0.328 e. The van der Waals surface area contributed by atoms with Crippen LogP contribution in [0.4, 0.5) is 17.3 Å². The predicted molar refractivity (Wildman–Crippen MR) is 101 cm³/mol. The van der Waals surface area contributed by atoms with Gasteiger partial charge in [-0.2, -0.15) is 15.2 Å². The third-order valence-electron chi connectivity index (χ3n) is 4.51. The van der Waals surface area contributed by atoms with Gasteiger partial charge in [0.1, 0.15) is 5.52 Å². The van der Waals surface area contributed by atoms with Crippen molar-refractivity contribution in [1.29, 1.82) is 5.26 Å². The summed E-state index contributed by atoms with van der Waals surface area (Å²) in [6.45, 7) is 1.18. The molecule has 9 nitrogen and oxygen atoms in total. The fraction of sp³-hybridized carbons (Fsp3) is 0.294. The van der Waals surface area contributed by atoms with Crippen molar-refractivity contribution in [3.63, 3.8) is 0 Å². The van der Waals surface area contributed by atoms with Crippen LogP contribution in [0, 0.1) is 11.3 Å². The zero-order chi connectivity index (χ0) is 19.0. The van der Waals surface area contributed by atoms with Crippen LogP contribution in [-0.4, -0.2) is 32.7 Å². The Morgan fingerprint density at radius 2 is 2.15 bits per heavy atom. The molecule has 0 radical (unpaired) electrons. The van der Waals surface area contributed by atoms with Gasteiger partial charge in [-0.1, -0.05) is 11.6 Å². The number of nitriles is 1. The van der Waals surface area contributed by atoms with Crippen LogP contribution in [0.15, 0.2) is 23.0 Å². The standard InChI is InChI=1S/C17H16ClN7O2/c18-14-13-15(25(17(26)22-13)10-3-5-27-6-4-10)24-16(23-14)21-12-7-9(8-19)1-2-11(12)20/h1-2,7,10H,3-6,20H2,(H,22,26)(H,21,23,24). The van der Waals surface area contributed by atoms with Crippen LogP contribution in [0.25, 0.3) is 11.2 Å². The number of nitrogen functional groups attached to an aromatic ring is 1. The topological polar surface area (TPSA) is 135 Å². The number of anilines is 3. The molecule has 138 valence electrons. The SMILES string of the molecule is N#Cc1ccc(N)c(Nc2nc(Cl)c3[nH]c(=O)n(C4CCOCC4)c3n2)c1. The minimum Gasteiger partial charge on any atom is -0.397 e. The Morgan fingerprint density at radius 1 is 1.37 bits per heavy atom. The fourth-order valence-corrected chi connectivity index (χ4v) is 3.37. The van der Waals surface area contributed by atoms with Crippen LogP contribution in [0.1, 0.15) is 24.4 Å². The molecule has 3 heterocycles. The molecule has 3 aromatic rings. The lowest BCUT2D eigenvalue weighted by Crippen LogP contribution is -2.27. The Bertz CT molecular complexity index is 1110. The molecule has 10 heteroatoms. The molecule has 4 N–H and O–H groups in total. The largest absolute Gasteiger partial charge is 0.397 e. The lowest BCUT2D eigenvalue weighted by atomic mass is 10.1. The molecule has 1 aliphatic heterocycles. The second-order valence-electron chi connectivity index (χ2n) is 6.22. The second-order valence-corrected chi connectivity index (χ2v) is 6.58. The molecule has 0 saturated carbocycles. The summed E-state index contributed by atoms with van der Waals surface area (Å²) < 4.78 is 6.98. The van der Waals surface area contributed by atoms with Crippen LogP contribution in [0.5, 0.6) is 0 Å². The number of imidazole rings is 1. The lowest BCUT2D eigenvalue weighted by Gasteiger charge is -2.22. The van der Waals surface area contributed by atoms with Crippen LogP contribution in [-0.2, 0) is 4.74 Å². The molecule has 0 atom stereocenters. The lowest BCUT2D eigenvalue weighted by molar-refractivity contribution is 0.0697. The Hall–Kier alpha value is -3.09. The molecule has 1 fully saturated rings. The van der Waals surface area contributed by atoms with Gasteiger partial charge in [0.05, 0.1) is 23.0 Å². The van der Waals surface area contributed by atoms with E-state index >= 15 is 0 Å². The summed E-state index contributed by atoms with van der Waals surface area (Å²) in [6, 6.07) is 6.86. The molecule has 4 rings (SSSR count). The number of fused-ring (bicyclic) bond motifs is 1. The highest BCUT2D eigenvalue weighted by Crippen LogP contribution is 2.28. The molecular formula is C17H16ClN7O2. The number of hydrogen-bond donors (Lipinski definition) is 3. The summed E-state index contributed by atoms with van der Waals surface area (Å²) in [4.78, 5) is 23.8. The number of nitrogens with two attached hydrogens (primary N) is 1. The van der Waals surface area contributed by atoms with Gasteiger partial charge in [-0.25, -0.2) is 4.79 Å². The summed E-state index contributed by atoms with van der Waals surface area (Å²) >= 11 is 6.27. The van der Waals surface area contributed by atoms with Crippen molar-refractivity contribution in [3.05, 3.63) is 39.4 Å². The van der Waals surface area contributed by atoms with Crippen LogP contribution in [0.3, 0.4) is 0 Å². The van der Waals surface area contributed by atoms with Gasteiger partial charge in [-0.15, -0.1) is 0 Å². The van der Waals surface area contributed by atoms with E-state index in [2.05, 4.69) is 26.3 Å². The summed E-state index contributed by atoms with van der Waals surface area (Å²) in [5.41, 5.74) is 7.85. The van der Waals surface area contributed by atoms with Gasteiger partial charge in [-0.3, -0.25) is 4.57 Å². The van der Waals surface area contributed by atoms with Crippen LogP contribution >= 0.6 is 11.6 Å². The van der Waals surface area contributed by atoms with Gasteiger partial charge < -0.3 is 20.8 Å². The summed E-state index contributed by atoms with van der Waals surface area (Å²) in [6.07, 6.45) is 1.43. The van der Waals surface area contributed by atoms with Crippen molar-refractivity contribution < 1.29 is 4.74 Å². The number of nitrogens with one attached hydrogen (secondary N) is 2. The van der Waals surface area contributed by atoms with Crippen molar-refractivity contribution in [2.75, 3.05) is 24.3 Å². The van der Waals surface area contributed by atoms with E-state index in [1.165, 1.54) is 0 Å². The Balaban J connectivity index is 1.79. The maximum atomic E-state index is 12.5. The van der Waals surface area contributed by atoms with E-state index < -0.39 is 0 Å². The van der Waals surface area contributed by atoms with Crippen molar-refractivity contribution in [2.45, 2.75) is 18.9 Å². The summed E-state index contributed by atoms with van der Waals surface area (Å²) in [5.74, 6) is 0.189. The van der Waals surface area contributed by atoms with Gasteiger partial charge in [0.25, 0.3) is 0 Å². The number of halogens is 1. The zero-order valence-electron chi connectivity index (χ0n) is 14.2. The molecule has 2 aromatic heterocycles. The first-order valence-corrected chi connectivity index (χ1v) is 8.77. The normalized spacial score (nSPS) is 15.0. The second kappa shape index (κ2) is 6.90. The number of hydrogen-bond acceptors (Lipinski definition) is 7. The van der Waals surface area contributed by atoms with E-state index in [1.54, 1.807) is 22.8 Å². The molecule has 0 unspecified atom stereocenters. The van der Waals surface area contributed by atoms with Crippen molar-refractivity contribution >= 4 is 40.1 Å². The highest BCUT2D eigenvalue weighted by Gasteiger charge is 2.23. The molecule has 1 saturated heterocycles. The predicted octanol–water partition coefficient (Wildman–Crippen LogP) is 2.32. The van der Waals surface area contributed by atoms with Crippen LogP contribution < -0.4 is 16.7 Å². The monoisotopic (exact) mass is 385 g/mol. The number of H-pyrrole nitrogens is 1. The third kappa shape index (κ3) is 3.20. The number of nitrogens with zero attached hydrogens (tertiary/aromatic N) is 4. The van der Waals surface area contributed by atoms with Gasteiger partial charge in [-0.05, 0) is 31.0 Å². The van der Waals surface area contributed by atoms with Gasteiger partial charge in [0, 0.05) is 19.3 Å². The van der Waals surface area contributed by atoms with E-state index in [1.807, 2.05) is 0 Å². The van der Waals surface area contributed by atoms with E-state index in [0.29, 0.717) is 54.2 Å². The first-order valence-electron chi connectivity index (χ1n) is 8.39. The number of aromatic nitrogens is 4. The van der Waals surface area contributed by atoms with Crippen molar-refractivity contribution in [2.24, 2.45) is 0 Å². The number of aromatic amines is 1. The molecular weight excluding hydrogens is 370 g/mol. The molecule has 0 bridgehead atoms. The van der Waals surface area contributed by atoms with Crippen molar-refractivity contribution in [1.82, 2.24) is 19.5 Å². The minimum atomic E-state index is -0.281. The Kier molecular flexibility index (Phi) is 4.43. The summed E-state index contributed by atoms with van der Waals surface area (Å²) in [7, 11) is 0. The van der Waals surface area contributed by atoms with Gasteiger partial charge in [0.15, 0.2) is 10.8 Å². The first kappa shape index (κ1) is 17.3. The third-order valence-corrected chi connectivity index (χ3v) is 4.78. The number of benzene rings is 1. The van der Waals surface area contributed by atoms with E-state index in [4.69, 9.17) is 27.3 Å². The summed E-state index contributed by atoms with van der Waals surface area (Å²) in [5, 5.41) is 12.2. The van der Waals surface area contributed by atoms with E-state index in [9.17, 15) is 4.79 Å². The Labute approximate surface area is 158 Å². The molecule has 1 aromatic carbocycles. The highest BCUT2D eigenvalue weighted by molar-refractivity contribution is 6.33. The average molecular weight is 386 g/mol. The quantitative estimate of drug-likeness (QED) is 0.465. The smallest absolute Gasteiger partial charge is 0.328 e. The first-order chi connectivity index (χ1) is 13.1. The molecule has 1 aliphatic rings.